The summed E-state index contributed by atoms with van der Waals surface area (Å²) in [5.41, 5.74) is -0.611. The van der Waals surface area contributed by atoms with Crippen molar-refractivity contribution < 1.29 is 43.0 Å². The maximum Gasteiger partial charge on any atom is 0.329 e. The molecule has 2 saturated heterocycles. The van der Waals surface area contributed by atoms with Crippen molar-refractivity contribution in [1.29, 1.82) is 0 Å². The lowest BCUT2D eigenvalue weighted by Crippen LogP contribution is -2.59. The maximum absolute atomic E-state index is 14.5. The van der Waals surface area contributed by atoms with Gasteiger partial charge in [0.25, 0.3) is 5.91 Å². The van der Waals surface area contributed by atoms with Gasteiger partial charge in [0.1, 0.15) is 36.8 Å². The molecule has 58 heavy (non-hydrogen) atoms. The van der Waals surface area contributed by atoms with Gasteiger partial charge in [-0.25, -0.2) is 4.79 Å². The molecule has 322 valence electrons. The molecule has 2 aliphatic rings. The van der Waals surface area contributed by atoms with Gasteiger partial charge in [-0.1, -0.05) is 84.4 Å². The van der Waals surface area contributed by atoms with Gasteiger partial charge in [0.05, 0.1) is 5.41 Å². The number of fused-ring (bicyclic) bond motifs is 1. The van der Waals surface area contributed by atoms with Gasteiger partial charge in [-0.3, -0.25) is 28.8 Å². The highest BCUT2D eigenvalue weighted by molar-refractivity contribution is 5.96. The molecule has 1 unspecified atom stereocenters. The number of nitrogens with one attached hydrogen (secondary N) is 3. The number of ether oxygens (including phenoxy) is 2. The summed E-state index contributed by atoms with van der Waals surface area (Å²) in [5.74, 6) is -5.60. The average molecular weight is 810 g/mol. The highest BCUT2D eigenvalue weighted by Gasteiger charge is 2.45. The Labute approximate surface area is 344 Å². The van der Waals surface area contributed by atoms with Crippen molar-refractivity contribution in [1.82, 2.24) is 25.8 Å². The normalized spacial score (nSPS) is 26.9. The Hall–Kier alpha value is -4.75. The molecule has 14 nitrogen and oxygen atoms in total. The molecule has 0 bridgehead atoms. The molecule has 3 N–H and O–H groups in total. The highest BCUT2D eigenvalue weighted by atomic mass is 16.6. The number of hydrogen-bond donors (Lipinski definition) is 3. The zero-order chi connectivity index (χ0) is 43.3. The monoisotopic (exact) mass is 809 g/mol. The summed E-state index contributed by atoms with van der Waals surface area (Å²) >= 11 is 0. The smallest absolute Gasteiger partial charge is 0.329 e. The van der Waals surface area contributed by atoms with E-state index in [9.17, 15) is 33.6 Å². The van der Waals surface area contributed by atoms with E-state index < -0.39 is 102 Å². The molecule has 5 amide bonds. The predicted octanol–water partition coefficient (Wildman–Crippen LogP) is 4.10. The number of allylic oxidation sites excluding steroid dienone is 1. The number of likely N-dealkylation sites (N-methyl/N-ethyl adjacent to an activating group) is 1. The van der Waals surface area contributed by atoms with Gasteiger partial charge in [-0.05, 0) is 69.8 Å². The minimum absolute atomic E-state index is 0.0583. The molecule has 0 aliphatic carbocycles. The SMILES string of the molecule is C=CCCC[C@@H]1OC(=O)CNC(=O)[C@H]([C@@H](C)CC)NC(=O)[C@@H]2CCCN2C(=O)[C@H]([C@@H](C)CC)OC(=O)[C@H](Cc2ccccc2)N(C)C(=O)C(C(C)C)NC(=O)C1(C)C. The van der Waals surface area contributed by atoms with E-state index in [0.29, 0.717) is 38.5 Å². The number of nitrogens with zero attached hydrogens (tertiary/aromatic N) is 2. The average Bonchev–Trinajstić information content (AvgIpc) is 3.70. The summed E-state index contributed by atoms with van der Waals surface area (Å²) in [6, 6.07) is 4.85. The van der Waals surface area contributed by atoms with E-state index in [-0.39, 0.29) is 25.3 Å². The number of carbonyl (C=O) groups is 7. The number of esters is 2. The van der Waals surface area contributed by atoms with Crippen LogP contribution >= 0.6 is 0 Å². The largest absolute Gasteiger partial charge is 0.460 e. The second kappa shape index (κ2) is 21.9. The number of carbonyl (C=O) groups excluding carboxylic acids is 7. The third-order valence-corrected chi connectivity index (χ3v) is 11.8. The van der Waals surface area contributed by atoms with Crippen molar-refractivity contribution in [3.05, 3.63) is 48.6 Å². The van der Waals surface area contributed by atoms with Crippen LogP contribution in [0.4, 0.5) is 0 Å². The molecule has 3 rings (SSSR count). The van der Waals surface area contributed by atoms with Gasteiger partial charge in [-0.2, -0.15) is 0 Å². The van der Waals surface area contributed by atoms with Gasteiger partial charge in [0, 0.05) is 25.9 Å². The quantitative estimate of drug-likeness (QED) is 0.169. The molecule has 1 aromatic rings. The highest BCUT2D eigenvalue weighted by Crippen LogP contribution is 2.30. The van der Waals surface area contributed by atoms with Crippen molar-refractivity contribution >= 4 is 41.5 Å². The van der Waals surface area contributed by atoms with Gasteiger partial charge in [0.2, 0.25) is 23.6 Å². The Kier molecular flexibility index (Phi) is 17.9. The van der Waals surface area contributed by atoms with Crippen LogP contribution in [0.25, 0.3) is 0 Å². The maximum atomic E-state index is 14.5. The van der Waals surface area contributed by atoms with Crippen LogP contribution < -0.4 is 16.0 Å². The van der Waals surface area contributed by atoms with Gasteiger partial charge in [0.15, 0.2) is 6.10 Å². The number of hydrogen-bond acceptors (Lipinski definition) is 9. The standard InChI is InChI=1S/C44H67N5O9/c1-11-14-16-23-33-44(8,9)43(56)47-35(27(4)5)40(53)48(10)32(25-30-20-17-15-18-21-30)42(55)58-37(29(7)13-3)41(54)49-24-19-22-31(49)38(51)46-36(28(6)12-2)39(52)45-26-34(50)57-33/h11,15,17-18,20-21,27-29,31-33,35-37H,1,12-14,16,19,22-26H2,2-10H3,(H,45,52)(H,46,51)(H,47,56)/t28-,29-,31-,32-,33-,35?,36-,37-/m0/s1. The van der Waals surface area contributed by atoms with Crippen molar-refractivity contribution in [2.24, 2.45) is 23.2 Å². The Morgan fingerprint density at radius 3 is 2.14 bits per heavy atom. The summed E-state index contributed by atoms with van der Waals surface area (Å²) < 4.78 is 12.0. The minimum atomic E-state index is -1.35. The van der Waals surface area contributed by atoms with Crippen LogP contribution in [0, 0.1) is 23.2 Å². The van der Waals surface area contributed by atoms with Crippen molar-refractivity contribution in [2.75, 3.05) is 20.1 Å². The number of benzene rings is 1. The summed E-state index contributed by atoms with van der Waals surface area (Å²) in [6.45, 7) is 17.6. The van der Waals surface area contributed by atoms with E-state index >= 15 is 0 Å². The summed E-state index contributed by atoms with van der Waals surface area (Å²) in [7, 11) is 1.48. The second-order valence-corrected chi connectivity index (χ2v) is 16.8. The zero-order valence-electron chi connectivity index (χ0n) is 36.0. The Balaban J connectivity index is 2.16. The molecule has 0 spiro atoms. The molecule has 1 aromatic carbocycles. The van der Waals surface area contributed by atoms with Crippen LogP contribution in [0.2, 0.25) is 0 Å². The van der Waals surface area contributed by atoms with Crippen molar-refractivity contribution in [2.45, 2.75) is 143 Å². The molecule has 8 atom stereocenters. The zero-order valence-corrected chi connectivity index (χ0v) is 36.0. The van der Waals surface area contributed by atoms with E-state index in [1.165, 1.54) is 16.8 Å². The van der Waals surface area contributed by atoms with Gasteiger partial charge in [-0.15, -0.1) is 6.58 Å². The number of rotatable bonds is 11. The van der Waals surface area contributed by atoms with Crippen LogP contribution in [0.3, 0.4) is 0 Å². The molecular weight excluding hydrogens is 743 g/mol. The van der Waals surface area contributed by atoms with E-state index in [1.807, 2.05) is 44.2 Å². The second-order valence-electron chi connectivity index (χ2n) is 16.8. The first-order valence-corrected chi connectivity index (χ1v) is 20.9. The lowest BCUT2D eigenvalue weighted by molar-refractivity contribution is -0.170. The molecule has 2 heterocycles. The van der Waals surface area contributed by atoms with Crippen LogP contribution in [-0.2, 0) is 49.5 Å². The first kappa shape index (κ1) is 47.6. The minimum Gasteiger partial charge on any atom is -0.460 e. The third kappa shape index (κ3) is 12.1. The van der Waals surface area contributed by atoms with Crippen molar-refractivity contribution in [3.63, 3.8) is 0 Å². The predicted molar refractivity (Wildman–Crippen MR) is 220 cm³/mol. The molecular formula is C44H67N5O9. The fraction of sp³-hybridized carbons (Fsp3) is 0.659. The Morgan fingerprint density at radius 2 is 1.53 bits per heavy atom. The van der Waals surface area contributed by atoms with E-state index in [4.69, 9.17) is 9.47 Å². The summed E-state index contributed by atoms with van der Waals surface area (Å²) in [4.78, 5) is 101. The van der Waals surface area contributed by atoms with Crippen molar-refractivity contribution in [3.8, 4) is 0 Å². The summed E-state index contributed by atoms with van der Waals surface area (Å²) in [5, 5.41) is 8.34. The molecule has 0 aromatic heterocycles. The van der Waals surface area contributed by atoms with Crippen LogP contribution in [-0.4, -0.2) is 108 Å². The number of cyclic esters (lactones) is 2. The molecule has 0 saturated carbocycles. The van der Waals surface area contributed by atoms with Gasteiger partial charge >= 0.3 is 11.9 Å². The molecule has 14 heteroatoms. The van der Waals surface area contributed by atoms with E-state index in [1.54, 1.807) is 47.6 Å². The summed E-state index contributed by atoms with van der Waals surface area (Å²) in [6.07, 6.45) is 2.82. The molecule has 0 radical (unpaired) electrons. The fourth-order valence-electron chi connectivity index (χ4n) is 7.31. The lowest BCUT2D eigenvalue weighted by Gasteiger charge is -2.37. The van der Waals surface area contributed by atoms with Gasteiger partial charge < -0.3 is 35.2 Å². The number of unbranched alkanes of at least 4 members (excludes halogenated alkanes) is 1. The van der Waals surface area contributed by atoms with E-state index in [2.05, 4.69) is 22.5 Å². The Morgan fingerprint density at radius 1 is 0.879 bits per heavy atom. The molecule has 2 aliphatic heterocycles. The Bertz CT molecular complexity index is 1610. The topological polar surface area (TPSA) is 181 Å². The van der Waals surface area contributed by atoms with E-state index in [0.717, 1.165) is 5.56 Å². The third-order valence-electron chi connectivity index (χ3n) is 11.8. The van der Waals surface area contributed by atoms with Crippen LogP contribution in [0.1, 0.15) is 106 Å². The lowest BCUT2D eigenvalue weighted by atomic mass is 9.82. The fourth-order valence-corrected chi connectivity index (χ4v) is 7.31. The van der Waals surface area contributed by atoms with Crippen LogP contribution in [0.15, 0.2) is 43.0 Å². The van der Waals surface area contributed by atoms with Crippen LogP contribution in [0.5, 0.6) is 0 Å². The molecule has 2 fully saturated rings. The first-order chi connectivity index (χ1) is 27.4. The number of amides is 5. The first-order valence-electron chi connectivity index (χ1n) is 20.9.